The summed E-state index contributed by atoms with van der Waals surface area (Å²) in [5, 5.41) is 9.89. The molecule has 2 rings (SSSR count). The van der Waals surface area contributed by atoms with Crippen LogP contribution in [0.2, 0.25) is 0 Å². The van der Waals surface area contributed by atoms with Gasteiger partial charge < -0.3 is 10.0 Å². The molecule has 0 amide bonds. The number of phenolic OH excluding ortho intramolecular Hbond substituents is 1. The topological polar surface area (TPSA) is 23.5 Å². The Morgan fingerprint density at radius 1 is 1.05 bits per heavy atom. The Hall–Kier alpha value is -2.10. The number of phenols is 1. The summed E-state index contributed by atoms with van der Waals surface area (Å²) in [5.74, 6) is -0.634. The van der Waals surface area contributed by atoms with Gasteiger partial charge in [-0.2, -0.15) is 0 Å². The van der Waals surface area contributed by atoms with E-state index in [4.69, 9.17) is 0 Å². The average molecular weight is 277 g/mol. The Morgan fingerprint density at radius 3 is 2.25 bits per heavy atom. The van der Waals surface area contributed by atoms with E-state index in [1.165, 1.54) is 30.3 Å². The number of hydrogen-bond acceptors (Lipinski definition) is 2. The number of hydrogen-bond donors (Lipinski definition) is 1. The Balaban J connectivity index is 2.35. The summed E-state index contributed by atoms with van der Waals surface area (Å²) >= 11 is 0. The van der Waals surface area contributed by atoms with Gasteiger partial charge in [-0.3, -0.25) is 0 Å². The first-order valence-corrected chi connectivity index (χ1v) is 6.53. The van der Waals surface area contributed by atoms with E-state index in [0.717, 1.165) is 5.69 Å². The van der Waals surface area contributed by atoms with Crippen LogP contribution in [0, 0.1) is 11.6 Å². The van der Waals surface area contributed by atoms with E-state index in [1.54, 1.807) is 12.1 Å². The summed E-state index contributed by atoms with van der Waals surface area (Å²) in [4.78, 5) is 1.97. The van der Waals surface area contributed by atoms with Crippen LogP contribution < -0.4 is 4.90 Å². The van der Waals surface area contributed by atoms with Gasteiger partial charge in [0, 0.05) is 17.8 Å². The van der Waals surface area contributed by atoms with Crippen molar-refractivity contribution in [2.75, 3.05) is 11.4 Å². The van der Waals surface area contributed by atoms with E-state index >= 15 is 0 Å². The molecular weight excluding hydrogens is 260 g/mol. The molecule has 0 spiro atoms. The van der Waals surface area contributed by atoms with E-state index in [-0.39, 0.29) is 23.4 Å². The molecule has 4 heteroatoms. The van der Waals surface area contributed by atoms with Crippen LogP contribution in [0.15, 0.2) is 42.5 Å². The molecule has 0 radical (unpaired) electrons. The SMILES string of the molecule is CCN(c1ccc(F)cc1)C(C)c1cc(F)ccc1O. The summed E-state index contributed by atoms with van der Waals surface area (Å²) in [6.45, 7) is 4.49. The first kappa shape index (κ1) is 14.3. The molecule has 0 aliphatic heterocycles. The number of benzene rings is 2. The molecule has 0 fully saturated rings. The molecule has 0 aromatic heterocycles. The molecular formula is C16H17F2NO. The second-order valence-corrected chi connectivity index (χ2v) is 4.64. The lowest BCUT2D eigenvalue weighted by Crippen LogP contribution is -2.26. The molecule has 0 aliphatic rings. The number of nitrogens with zero attached hydrogens (tertiary/aromatic N) is 1. The lowest BCUT2D eigenvalue weighted by atomic mass is 10.0. The van der Waals surface area contributed by atoms with Crippen LogP contribution >= 0.6 is 0 Å². The molecule has 0 bridgehead atoms. The smallest absolute Gasteiger partial charge is 0.123 e. The highest BCUT2D eigenvalue weighted by molar-refractivity contribution is 5.50. The van der Waals surface area contributed by atoms with Gasteiger partial charge >= 0.3 is 0 Å². The zero-order chi connectivity index (χ0) is 14.7. The van der Waals surface area contributed by atoms with E-state index < -0.39 is 0 Å². The van der Waals surface area contributed by atoms with Crippen molar-refractivity contribution in [2.45, 2.75) is 19.9 Å². The maximum absolute atomic E-state index is 13.4. The Labute approximate surface area is 117 Å². The van der Waals surface area contributed by atoms with Crippen molar-refractivity contribution >= 4 is 5.69 Å². The molecule has 0 aliphatic carbocycles. The van der Waals surface area contributed by atoms with E-state index in [2.05, 4.69) is 0 Å². The first-order chi connectivity index (χ1) is 9.52. The van der Waals surface area contributed by atoms with Crippen molar-refractivity contribution in [3.63, 3.8) is 0 Å². The number of halogens is 2. The quantitative estimate of drug-likeness (QED) is 0.902. The predicted molar refractivity (Wildman–Crippen MR) is 75.9 cm³/mol. The summed E-state index contributed by atoms with van der Waals surface area (Å²) < 4.78 is 26.3. The molecule has 0 saturated heterocycles. The van der Waals surface area contributed by atoms with Crippen LogP contribution in [0.1, 0.15) is 25.5 Å². The molecule has 106 valence electrons. The Bertz CT molecular complexity index is 584. The number of aromatic hydroxyl groups is 1. The first-order valence-electron chi connectivity index (χ1n) is 6.53. The van der Waals surface area contributed by atoms with Gasteiger partial charge in [0.1, 0.15) is 17.4 Å². The van der Waals surface area contributed by atoms with E-state index in [0.29, 0.717) is 12.1 Å². The molecule has 2 aromatic rings. The van der Waals surface area contributed by atoms with Crippen LogP contribution in [-0.4, -0.2) is 11.7 Å². The minimum Gasteiger partial charge on any atom is -0.508 e. The van der Waals surface area contributed by atoms with E-state index in [9.17, 15) is 13.9 Å². The maximum atomic E-state index is 13.4. The highest BCUT2D eigenvalue weighted by Gasteiger charge is 2.18. The van der Waals surface area contributed by atoms with Gasteiger partial charge in [-0.1, -0.05) is 0 Å². The van der Waals surface area contributed by atoms with Crippen molar-refractivity contribution in [1.82, 2.24) is 0 Å². The van der Waals surface area contributed by atoms with E-state index in [1.807, 2.05) is 18.7 Å². The van der Waals surface area contributed by atoms with Gasteiger partial charge in [0.25, 0.3) is 0 Å². The fourth-order valence-electron chi connectivity index (χ4n) is 2.34. The molecule has 2 aromatic carbocycles. The third-order valence-electron chi connectivity index (χ3n) is 3.41. The van der Waals surface area contributed by atoms with Gasteiger partial charge in [0.05, 0.1) is 6.04 Å². The van der Waals surface area contributed by atoms with Crippen LogP contribution in [0.25, 0.3) is 0 Å². The second-order valence-electron chi connectivity index (χ2n) is 4.64. The zero-order valence-corrected chi connectivity index (χ0v) is 11.5. The lowest BCUT2D eigenvalue weighted by Gasteiger charge is -2.31. The van der Waals surface area contributed by atoms with Crippen molar-refractivity contribution in [1.29, 1.82) is 0 Å². The zero-order valence-electron chi connectivity index (χ0n) is 11.5. The van der Waals surface area contributed by atoms with Crippen molar-refractivity contribution in [3.05, 3.63) is 59.7 Å². The van der Waals surface area contributed by atoms with Crippen molar-refractivity contribution in [2.24, 2.45) is 0 Å². The molecule has 2 nitrogen and oxygen atoms in total. The van der Waals surface area contributed by atoms with Crippen LogP contribution in [-0.2, 0) is 0 Å². The molecule has 1 unspecified atom stereocenters. The molecule has 20 heavy (non-hydrogen) atoms. The highest BCUT2D eigenvalue weighted by atomic mass is 19.1. The van der Waals surface area contributed by atoms with Gasteiger partial charge in [0.2, 0.25) is 0 Å². The summed E-state index contributed by atoms with van der Waals surface area (Å²) in [7, 11) is 0. The Kier molecular flexibility index (Phi) is 4.23. The monoisotopic (exact) mass is 277 g/mol. The minimum atomic E-state index is -0.389. The largest absolute Gasteiger partial charge is 0.508 e. The molecule has 1 atom stereocenters. The third-order valence-corrected chi connectivity index (χ3v) is 3.41. The predicted octanol–water partition coefficient (Wildman–Crippen LogP) is 4.26. The fraction of sp³-hybridized carbons (Fsp3) is 0.250. The van der Waals surface area contributed by atoms with Crippen LogP contribution in [0.3, 0.4) is 0 Å². The normalized spacial score (nSPS) is 12.2. The van der Waals surface area contributed by atoms with Gasteiger partial charge in [-0.05, 0) is 56.3 Å². The lowest BCUT2D eigenvalue weighted by molar-refractivity contribution is 0.458. The van der Waals surface area contributed by atoms with Crippen molar-refractivity contribution < 1.29 is 13.9 Å². The Morgan fingerprint density at radius 2 is 1.65 bits per heavy atom. The molecule has 1 N–H and O–H groups in total. The third kappa shape index (κ3) is 2.90. The fourth-order valence-corrected chi connectivity index (χ4v) is 2.34. The molecule has 0 heterocycles. The summed E-state index contributed by atoms with van der Waals surface area (Å²) in [6.07, 6.45) is 0. The second kappa shape index (κ2) is 5.90. The maximum Gasteiger partial charge on any atom is 0.123 e. The minimum absolute atomic E-state index is 0.0551. The van der Waals surface area contributed by atoms with Gasteiger partial charge in [-0.25, -0.2) is 8.78 Å². The van der Waals surface area contributed by atoms with Crippen LogP contribution in [0.4, 0.5) is 14.5 Å². The number of anilines is 1. The summed E-state index contributed by atoms with van der Waals surface area (Å²) in [6, 6.07) is 9.79. The van der Waals surface area contributed by atoms with Gasteiger partial charge in [0.15, 0.2) is 0 Å². The standard InChI is InChI=1S/C16H17F2NO/c1-3-19(14-7-4-12(17)5-8-14)11(2)15-10-13(18)6-9-16(15)20/h4-11,20H,3H2,1-2H3. The number of rotatable bonds is 4. The van der Waals surface area contributed by atoms with Crippen molar-refractivity contribution in [3.8, 4) is 5.75 Å². The van der Waals surface area contributed by atoms with Gasteiger partial charge in [-0.15, -0.1) is 0 Å². The summed E-state index contributed by atoms with van der Waals surface area (Å²) in [5.41, 5.74) is 1.33. The highest BCUT2D eigenvalue weighted by Crippen LogP contribution is 2.32. The average Bonchev–Trinajstić information content (AvgIpc) is 2.44. The molecule has 0 saturated carbocycles. The van der Waals surface area contributed by atoms with Crippen LogP contribution in [0.5, 0.6) is 5.75 Å².